The number of hydrogen-bond donors (Lipinski definition) is 1. The molecule has 90 valence electrons. The van der Waals surface area contributed by atoms with Crippen molar-refractivity contribution in [1.82, 2.24) is 0 Å². The summed E-state index contributed by atoms with van der Waals surface area (Å²) in [6.45, 7) is 2.38. The van der Waals surface area contributed by atoms with E-state index in [-0.39, 0.29) is 0 Å². The maximum absolute atomic E-state index is 8.89. The Kier molecular flexibility index (Phi) is 7.03. The van der Waals surface area contributed by atoms with Gasteiger partial charge in [-0.1, -0.05) is 51.4 Å². The van der Waals surface area contributed by atoms with Gasteiger partial charge in [0.1, 0.15) is 0 Å². The van der Waals surface area contributed by atoms with Gasteiger partial charge >= 0.3 is 0 Å². The quantitative estimate of drug-likeness (QED) is 0.519. The normalized spacial score (nSPS) is 20.4. The average molecular weight is 214 g/mol. The summed E-state index contributed by atoms with van der Waals surface area (Å²) < 4.78 is 5.09. The van der Waals surface area contributed by atoms with Crippen LogP contribution in [0.4, 0.5) is 0 Å². The molecule has 2 heteroatoms. The molecule has 0 aromatic rings. The van der Waals surface area contributed by atoms with Gasteiger partial charge in [-0.05, 0) is 19.3 Å². The van der Waals surface area contributed by atoms with E-state index in [4.69, 9.17) is 9.84 Å². The van der Waals surface area contributed by atoms with Crippen LogP contribution in [-0.4, -0.2) is 18.0 Å². The molecular weight excluding hydrogens is 188 g/mol. The van der Waals surface area contributed by atoms with E-state index in [1.54, 1.807) is 6.92 Å². The van der Waals surface area contributed by atoms with Crippen molar-refractivity contribution in [2.45, 2.75) is 71.0 Å². The van der Waals surface area contributed by atoms with Gasteiger partial charge in [0, 0.05) is 6.61 Å². The van der Waals surface area contributed by atoms with E-state index in [0.717, 1.165) is 12.3 Å². The molecule has 0 aromatic carbocycles. The van der Waals surface area contributed by atoms with Gasteiger partial charge in [-0.2, -0.15) is 0 Å². The molecule has 15 heavy (non-hydrogen) atoms. The molecule has 0 amide bonds. The maximum Gasteiger partial charge on any atom is 0.151 e. The van der Waals surface area contributed by atoms with Crippen molar-refractivity contribution in [3.63, 3.8) is 0 Å². The number of rotatable bonds is 7. The van der Waals surface area contributed by atoms with E-state index in [0.29, 0.717) is 6.61 Å². The van der Waals surface area contributed by atoms with Crippen molar-refractivity contribution in [2.75, 3.05) is 6.61 Å². The second kappa shape index (κ2) is 8.12. The minimum absolute atomic E-state index is 0.594. The zero-order valence-corrected chi connectivity index (χ0v) is 10.1. The standard InChI is InChI=1S/C13H26O2/c1-12(14)15-11-7-3-6-10-13-8-4-2-5-9-13/h12-14H,2-11H2,1H3. The highest BCUT2D eigenvalue weighted by Crippen LogP contribution is 2.27. The van der Waals surface area contributed by atoms with E-state index in [1.807, 2.05) is 0 Å². The molecule has 0 bridgehead atoms. The van der Waals surface area contributed by atoms with Gasteiger partial charge in [-0.25, -0.2) is 0 Å². The van der Waals surface area contributed by atoms with Crippen LogP contribution in [-0.2, 0) is 4.74 Å². The molecule has 1 saturated carbocycles. The van der Waals surface area contributed by atoms with Gasteiger partial charge < -0.3 is 9.84 Å². The molecule has 1 rings (SSSR count). The SMILES string of the molecule is CC(O)OCCCCCC1CCCCC1. The fourth-order valence-electron chi connectivity index (χ4n) is 2.44. The number of unbranched alkanes of at least 4 members (excludes halogenated alkanes) is 2. The van der Waals surface area contributed by atoms with E-state index in [9.17, 15) is 0 Å². The molecule has 0 heterocycles. The number of aliphatic hydroxyl groups is 1. The highest BCUT2D eigenvalue weighted by molar-refractivity contribution is 4.65. The average Bonchev–Trinajstić information content (AvgIpc) is 2.24. The van der Waals surface area contributed by atoms with Crippen molar-refractivity contribution in [3.05, 3.63) is 0 Å². The van der Waals surface area contributed by atoms with Gasteiger partial charge in [0.15, 0.2) is 6.29 Å². The molecule has 0 radical (unpaired) electrons. The van der Waals surface area contributed by atoms with Gasteiger partial charge in [-0.3, -0.25) is 0 Å². The van der Waals surface area contributed by atoms with Crippen molar-refractivity contribution < 1.29 is 9.84 Å². The van der Waals surface area contributed by atoms with Crippen LogP contribution in [0, 0.1) is 5.92 Å². The number of ether oxygens (including phenoxy) is 1. The smallest absolute Gasteiger partial charge is 0.151 e. The lowest BCUT2D eigenvalue weighted by Crippen LogP contribution is -2.08. The Morgan fingerprint density at radius 2 is 1.87 bits per heavy atom. The zero-order chi connectivity index (χ0) is 10.9. The Balaban J connectivity index is 1.83. The Labute approximate surface area is 94.0 Å². The van der Waals surface area contributed by atoms with Gasteiger partial charge in [-0.15, -0.1) is 0 Å². The first-order valence-corrected chi connectivity index (χ1v) is 6.58. The van der Waals surface area contributed by atoms with Crippen LogP contribution in [0.1, 0.15) is 64.7 Å². The van der Waals surface area contributed by atoms with Crippen LogP contribution >= 0.6 is 0 Å². The van der Waals surface area contributed by atoms with Gasteiger partial charge in [0.25, 0.3) is 0 Å². The number of hydrogen-bond acceptors (Lipinski definition) is 2. The molecule has 0 aromatic heterocycles. The highest BCUT2D eigenvalue weighted by Gasteiger charge is 2.12. The van der Waals surface area contributed by atoms with Crippen LogP contribution in [0.5, 0.6) is 0 Å². The minimum atomic E-state index is -0.594. The summed E-state index contributed by atoms with van der Waals surface area (Å²) >= 11 is 0. The molecule has 1 N–H and O–H groups in total. The third-order valence-corrected chi connectivity index (χ3v) is 3.34. The Morgan fingerprint density at radius 1 is 1.13 bits per heavy atom. The summed E-state index contributed by atoms with van der Waals surface area (Å²) in [6, 6.07) is 0. The first-order chi connectivity index (χ1) is 7.29. The third-order valence-electron chi connectivity index (χ3n) is 3.34. The summed E-state index contributed by atoms with van der Waals surface area (Å²) in [5.41, 5.74) is 0. The highest BCUT2D eigenvalue weighted by atomic mass is 16.6. The van der Waals surface area contributed by atoms with Crippen LogP contribution in [0.2, 0.25) is 0 Å². The molecule has 0 saturated heterocycles. The lowest BCUT2D eigenvalue weighted by atomic mass is 9.86. The first kappa shape index (κ1) is 13.0. The molecular formula is C13H26O2. The molecule has 1 unspecified atom stereocenters. The summed E-state index contributed by atoms with van der Waals surface area (Å²) in [4.78, 5) is 0. The Morgan fingerprint density at radius 3 is 2.53 bits per heavy atom. The predicted molar refractivity (Wildman–Crippen MR) is 62.7 cm³/mol. The Bertz CT molecular complexity index is 139. The zero-order valence-electron chi connectivity index (χ0n) is 10.1. The van der Waals surface area contributed by atoms with E-state index < -0.39 is 6.29 Å². The summed E-state index contributed by atoms with van der Waals surface area (Å²) in [6.07, 6.45) is 11.8. The molecule has 0 spiro atoms. The Hall–Kier alpha value is -0.0800. The molecule has 2 nitrogen and oxygen atoms in total. The molecule has 1 atom stereocenters. The maximum atomic E-state index is 8.89. The molecule has 0 aliphatic heterocycles. The molecule has 1 aliphatic carbocycles. The van der Waals surface area contributed by atoms with Crippen LogP contribution in [0.25, 0.3) is 0 Å². The second-order valence-corrected chi connectivity index (χ2v) is 4.82. The van der Waals surface area contributed by atoms with E-state index >= 15 is 0 Å². The van der Waals surface area contributed by atoms with Crippen molar-refractivity contribution in [2.24, 2.45) is 5.92 Å². The summed E-state index contributed by atoms with van der Waals surface area (Å²) in [7, 11) is 0. The van der Waals surface area contributed by atoms with Crippen LogP contribution < -0.4 is 0 Å². The summed E-state index contributed by atoms with van der Waals surface area (Å²) in [5, 5.41) is 8.89. The second-order valence-electron chi connectivity index (χ2n) is 4.82. The monoisotopic (exact) mass is 214 g/mol. The lowest BCUT2D eigenvalue weighted by molar-refractivity contribution is -0.0859. The van der Waals surface area contributed by atoms with Gasteiger partial charge in [0.2, 0.25) is 0 Å². The van der Waals surface area contributed by atoms with Crippen molar-refractivity contribution in [3.8, 4) is 0 Å². The fraction of sp³-hybridized carbons (Fsp3) is 1.00. The van der Waals surface area contributed by atoms with Crippen LogP contribution in [0.15, 0.2) is 0 Å². The topological polar surface area (TPSA) is 29.5 Å². The molecule has 1 aliphatic rings. The van der Waals surface area contributed by atoms with E-state index in [2.05, 4.69) is 0 Å². The third kappa shape index (κ3) is 6.91. The van der Waals surface area contributed by atoms with Gasteiger partial charge in [0.05, 0.1) is 0 Å². The lowest BCUT2D eigenvalue weighted by Gasteiger charge is -2.21. The first-order valence-electron chi connectivity index (χ1n) is 6.58. The van der Waals surface area contributed by atoms with Crippen molar-refractivity contribution >= 4 is 0 Å². The fourth-order valence-corrected chi connectivity index (χ4v) is 2.44. The summed E-state index contributed by atoms with van der Waals surface area (Å²) in [5.74, 6) is 1.01. The van der Waals surface area contributed by atoms with Crippen molar-refractivity contribution in [1.29, 1.82) is 0 Å². The largest absolute Gasteiger partial charge is 0.368 e. The predicted octanol–water partition coefficient (Wildman–Crippen LogP) is 3.48. The minimum Gasteiger partial charge on any atom is -0.368 e. The van der Waals surface area contributed by atoms with E-state index in [1.165, 1.54) is 51.4 Å². The molecule has 1 fully saturated rings. The number of aliphatic hydroxyl groups excluding tert-OH is 1. The van der Waals surface area contributed by atoms with Crippen LogP contribution in [0.3, 0.4) is 0 Å².